The van der Waals surface area contributed by atoms with Gasteiger partial charge in [-0.25, -0.2) is 0 Å². The van der Waals surface area contributed by atoms with Gasteiger partial charge in [-0.3, -0.25) is 9.69 Å². The molecule has 1 aromatic carbocycles. The highest BCUT2D eigenvalue weighted by atomic mass is 16.1. The van der Waals surface area contributed by atoms with Crippen LogP contribution in [0.5, 0.6) is 0 Å². The van der Waals surface area contributed by atoms with Gasteiger partial charge in [-0.1, -0.05) is 30.5 Å². The normalized spacial score (nSPS) is 20.3. The molecule has 1 saturated heterocycles. The van der Waals surface area contributed by atoms with E-state index in [1.807, 2.05) is 0 Å². The number of ketones is 1. The lowest BCUT2D eigenvalue weighted by atomic mass is 9.98. The van der Waals surface area contributed by atoms with Crippen molar-refractivity contribution in [3.05, 3.63) is 34.4 Å². The maximum atomic E-state index is 11.6. The van der Waals surface area contributed by atoms with Crippen LogP contribution in [0, 0.1) is 20.8 Å². The zero-order chi connectivity index (χ0) is 15.4. The Morgan fingerprint density at radius 3 is 2.43 bits per heavy atom. The number of carbonyl (C=O) groups is 1. The fourth-order valence-corrected chi connectivity index (χ4v) is 3.67. The molecule has 1 aromatic rings. The van der Waals surface area contributed by atoms with Crippen LogP contribution in [-0.2, 0) is 11.3 Å². The zero-order valence-electron chi connectivity index (χ0n) is 14.0. The third-order valence-electron chi connectivity index (χ3n) is 4.72. The van der Waals surface area contributed by atoms with Crippen molar-refractivity contribution < 1.29 is 4.79 Å². The van der Waals surface area contributed by atoms with E-state index in [4.69, 9.17) is 0 Å². The number of Topliss-reactive ketones (excluding diaryl/α,β-unsaturated/α-hetero) is 1. The molecule has 1 unspecified atom stereocenters. The summed E-state index contributed by atoms with van der Waals surface area (Å²) in [5.41, 5.74) is 5.57. The number of aryl methyl sites for hydroxylation is 3. The van der Waals surface area contributed by atoms with E-state index in [1.54, 1.807) is 6.92 Å². The lowest BCUT2D eigenvalue weighted by Gasteiger charge is -2.30. The Kier molecular flexibility index (Phi) is 5.58. The SMILES string of the molecule is CC(=O)CC1CCCCCN1Cc1c(C)cc(C)cc1C. The molecule has 0 aromatic heterocycles. The predicted molar refractivity (Wildman–Crippen MR) is 88.6 cm³/mol. The molecular formula is C19H29NO. The number of hydrogen-bond acceptors (Lipinski definition) is 2. The van der Waals surface area contributed by atoms with E-state index in [2.05, 4.69) is 37.8 Å². The summed E-state index contributed by atoms with van der Waals surface area (Å²) < 4.78 is 0. The number of likely N-dealkylation sites (tertiary alicyclic amines) is 1. The highest BCUT2D eigenvalue weighted by Gasteiger charge is 2.23. The Morgan fingerprint density at radius 1 is 1.14 bits per heavy atom. The molecule has 1 heterocycles. The van der Waals surface area contributed by atoms with Crippen molar-refractivity contribution in [3.8, 4) is 0 Å². The van der Waals surface area contributed by atoms with E-state index in [-0.39, 0.29) is 0 Å². The standard InChI is InChI=1S/C19H29NO/c1-14-10-15(2)19(16(3)11-14)13-20-9-7-5-6-8-18(20)12-17(4)21/h10-11,18H,5-9,12-13H2,1-4H3. The largest absolute Gasteiger partial charge is 0.300 e. The lowest BCUT2D eigenvalue weighted by Crippen LogP contribution is -2.36. The van der Waals surface area contributed by atoms with Crippen molar-refractivity contribution in [2.75, 3.05) is 6.54 Å². The van der Waals surface area contributed by atoms with Gasteiger partial charge in [-0.2, -0.15) is 0 Å². The number of rotatable bonds is 4. The van der Waals surface area contributed by atoms with Crippen LogP contribution < -0.4 is 0 Å². The van der Waals surface area contributed by atoms with Gasteiger partial charge in [0.05, 0.1) is 0 Å². The average Bonchev–Trinajstić information content (AvgIpc) is 2.58. The number of hydrogen-bond donors (Lipinski definition) is 0. The summed E-state index contributed by atoms with van der Waals surface area (Å²) in [6, 6.07) is 4.99. The molecular weight excluding hydrogens is 258 g/mol. The minimum absolute atomic E-state index is 0.323. The van der Waals surface area contributed by atoms with Crippen LogP contribution in [0.4, 0.5) is 0 Å². The van der Waals surface area contributed by atoms with Crippen molar-refractivity contribution in [1.29, 1.82) is 0 Å². The van der Waals surface area contributed by atoms with Gasteiger partial charge in [0.25, 0.3) is 0 Å². The molecule has 2 nitrogen and oxygen atoms in total. The summed E-state index contributed by atoms with van der Waals surface area (Å²) in [5.74, 6) is 0.323. The molecule has 1 aliphatic rings. The van der Waals surface area contributed by atoms with E-state index in [1.165, 1.54) is 47.9 Å². The second kappa shape index (κ2) is 7.22. The highest BCUT2D eigenvalue weighted by molar-refractivity contribution is 5.76. The van der Waals surface area contributed by atoms with Crippen molar-refractivity contribution in [2.24, 2.45) is 0 Å². The van der Waals surface area contributed by atoms with Gasteiger partial charge in [0, 0.05) is 19.0 Å². The summed E-state index contributed by atoms with van der Waals surface area (Å²) in [6.45, 7) is 10.4. The van der Waals surface area contributed by atoms with E-state index in [0.29, 0.717) is 18.2 Å². The minimum Gasteiger partial charge on any atom is -0.300 e. The van der Waals surface area contributed by atoms with E-state index in [0.717, 1.165) is 13.1 Å². The molecule has 0 aliphatic carbocycles. The molecule has 1 fully saturated rings. The first kappa shape index (κ1) is 16.2. The van der Waals surface area contributed by atoms with Crippen LogP contribution in [0.25, 0.3) is 0 Å². The van der Waals surface area contributed by atoms with Crippen molar-refractivity contribution in [2.45, 2.75) is 72.4 Å². The topological polar surface area (TPSA) is 20.3 Å². The van der Waals surface area contributed by atoms with Crippen LogP contribution in [0.1, 0.15) is 61.3 Å². The number of carbonyl (C=O) groups excluding carboxylic acids is 1. The first-order chi connectivity index (χ1) is 9.97. The quantitative estimate of drug-likeness (QED) is 0.821. The molecule has 0 amide bonds. The third-order valence-corrected chi connectivity index (χ3v) is 4.72. The maximum absolute atomic E-state index is 11.6. The highest BCUT2D eigenvalue weighted by Crippen LogP contribution is 2.25. The lowest BCUT2D eigenvalue weighted by molar-refractivity contribution is -0.118. The van der Waals surface area contributed by atoms with Gasteiger partial charge in [0.2, 0.25) is 0 Å². The van der Waals surface area contributed by atoms with E-state index < -0.39 is 0 Å². The van der Waals surface area contributed by atoms with Gasteiger partial charge in [-0.15, -0.1) is 0 Å². The van der Waals surface area contributed by atoms with E-state index >= 15 is 0 Å². The summed E-state index contributed by atoms with van der Waals surface area (Å²) in [4.78, 5) is 14.1. The second-order valence-corrected chi connectivity index (χ2v) is 6.76. The monoisotopic (exact) mass is 287 g/mol. The van der Waals surface area contributed by atoms with Gasteiger partial charge < -0.3 is 0 Å². The fraction of sp³-hybridized carbons (Fsp3) is 0.632. The Bertz CT molecular complexity index is 483. The van der Waals surface area contributed by atoms with Crippen LogP contribution >= 0.6 is 0 Å². The predicted octanol–water partition coefficient (Wildman–Crippen LogP) is 4.34. The summed E-state index contributed by atoms with van der Waals surface area (Å²) in [5, 5.41) is 0. The molecule has 0 saturated carbocycles. The molecule has 2 heteroatoms. The zero-order valence-corrected chi connectivity index (χ0v) is 14.0. The Balaban J connectivity index is 2.20. The van der Waals surface area contributed by atoms with Gasteiger partial charge in [0.1, 0.15) is 5.78 Å². The molecule has 0 spiro atoms. The molecule has 1 atom stereocenters. The maximum Gasteiger partial charge on any atom is 0.131 e. The average molecular weight is 287 g/mol. The third kappa shape index (κ3) is 4.41. The summed E-state index contributed by atoms with van der Waals surface area (Å²) in [6.07, 6.45) is 5.71. The van der Waals surface area contributed by atoms with Gasteiger partial charge in [-0.05, 0) is 63.8 Å². The molecule has 0 bridgehead atoms. The van der Waals surface area contributed by atoms with Crippen LogP contribution in [0.15, 0.2) is 12.1 Å². The molecule has 1 aliphatic heterocycles. The van der Waals surface area contributed by atoms with Crippen molar-refractivity contribution >= 4 is 5.78 Å². The van der Waals surface area contributed by atoms with Crippen molar-refractivity contribution in [3.63, 3.8) is 0 Å². The molecule has 116 valence electrons. The van der Waals surface area contributed by atoms with Crippen molar-refractivity contribution in [1.82, 2.24) is 4.90 Å². The van der Waals surface area contributed by atoms with Crippen LogP contribution in [0.3, 0.4) is 0 Å². The second-order valence-electron chi connectivity index (χ2n) is 6.76. The molecule has 0 N–H and O–H groups in total. The first-order valence-electron chi connectivity index (χ1n) is 8.27. The smallest absolute Gasteiger partial charge is 0.131 e. The minimum atomic E-state index is 0.323. The number of benzene rings is 1. The first-order valence-corrected chi connectivity index (χ1v) is 8.27. The molecule has 0 radical (unpaired) electrons. The van der Waals surface area contributed by atoms with Gasteiger partial charge in [0.15, 0.2) is 0 Å². The Morgan fingerprint density at radius 2 is 1.81 bits per heavy atom. The summed E-state index contributed by atoms with van der Waals surface area (Å²) >= 11 is 0. The molecule has 2 rings (SSSR count). The molecule has 21 heavy (non-hydrogen) atoms. The van der Waals surface area contributed by atoms with Crippen LogP contribution in [0.2, 0.25) is 0 Å². The fourth-order valence-electron chi connectivity index (χ4n) is 3.67. The van der Waals surface area contributed by atoms with Crippen LogP contribution in [-0.4, -0.2) is 23.3 Å². The Hall–Kier alpha value is -1.15. The van der Waals surface area contributed by atoms with E-state index in [9.17, 15) is 4.79 Å². The van der Waals surface area contributed by atoms with Gasteiger partial charge >= 0.3 is 0 Å². The number of nitrogens with zero attached hydrogens (tertiary/aromatic N) is 1. The Labute approximate surface area is 129 Å². The summed E-state index contributed by atoms with van der Waals surface area (Å²) in [7, 11) is 0.